The van der Waals surface area contributed by atoms with E-state index in [1.807, 2.05) is 6.92 Å². The van der Waals surface area contributed by atoms with Gasteiger partial charge in [-0.15, -0.1) is 0 Å². The van der Waals surface area contributed by atoms with Gasteiger partial charge in [-0.1, -0.05) is 22.9 Å². The summed E-state index contributed by atoms with van der Waals surface area (Å²) >= 11 is 3.33. The van der Waals surface area contributed by atoms with Crippen molar-refractivity contribution in [2.75, 3.05) is 0 Å². The molecular weight excluding hydrogens is 286 g/mol. The van der Waals surface area contributed by atoms with E-state index in [2.05, 4.69) is 21.2 Å². The molecule has 4 nitrogen and oxygen atoms in total. The summed E-state index contributed by atoms with van der Waals surface area (Å²) in [4.78, 5) is 10.8. The van der Waals surface area contributed by atoms with Crippen LogP contribution in [-0.4, -0.2) is 22.2 Å². The van der Waals surface area contributed by atoms with Crippen LogP contribution in [0.2, 0.25) is 0 Å². The summed E-state index contributed by atoms with van der Waals surface area (Å²) in [5, 5.41) is 21.6. The van der Waals surface area contributed by atoms with Crippen LogP contribution < -0.4 is 5.32 Å². The number of benzene rings is 1. The number of carboxylic acid groups (broad SMARTS) is 1. The van der Waals surface area contributed by atoms with Crippen molar-refractivity contribution in [1.82, 2.24) is 5.32 Å². The lowest BCUT2D eigenvalue weighted by molar-refractivity contribution is -0.139. The maximum Gasteiger partial charge on any atom is 0.320 e. The molecule has 0 aliphatic heterocycles. The second-order valence-corrected chi connectivity index (χ2v) is 4.81. The first kappa shape index (κ1) is 14.0. The summed E-state index contributed by atoms with van der Waals surface area (Å²) < 4.78 is 0.855. The van der Waals surface area contributed by atoms with Crippen LogP contribution in [0.4, 0.5) is 0 Å². The third-order valence-electron chi connectivity index (χ3n) is 2.59. The molecule has 0 aliphatic carbocycles. The van der Waals surface area contributed by atoms with Crippen LogP contribution in [-0.2, 0) is 4.79 Å². The molecule has 17 heavy (non-hydrogen) atoms. The third-order valence-corrected chi connectivity index (χ3v) is 3.09. The fourth-order valence-corrected chi connectivity index (χ4v) is 1.98. The number of nitrogens with one attached hydrogen (secondary N) is 1. The minimum absolute atomic E-state index is 0.171. The van der Waals surface area contributed by atoms with Crippen LogP contribution in [0, 0.1) is 0 Å². The van der Waals surface area contributed by atoms with Gasteiger partial charge < -0.3 is 10.2 Å². The van der Waals surface area contributed by atoms with E-state index >= 15 is 0 Å². The Morgan fingerprint density at radius 3 is 2.71 bits per heavy atom. The van der Waals surface area contributed by atoms with Gasteiger partial charge in [0.15, 0.2) is 0 Å². The Bertz CT molecular complexity index is 409. The van der Waals surface area contributed by atoms with Crippen LogP contribution >= 0.6 is 15.9 Å². The molecule has 1 aromatic rings. The number of aliphatic carboxylic acids is 1. The van der Waals surface area contributed by atoms with Crippen LogP contribution in [0.15, 0.2) is 22.7 Å². The topological polar surface area (TPSA) is 69.6 Å². The molecular formula is C12H16BrNO3. The predicted molar refractivity (Wildman–Crippen MR) is 69.1 cm³/mol. The largest absolute Gasteiger partial charge is 0.508 e. The van der Waals surface area contributed by atoms with Gasteiger partial charge in [-0.3, -0.25) is 10.1 Å². The van der Waals surface area contributed by atoms with Crippen molar-refractivity contribution in [3.05, 3.63) is 28.2 Å². The van der Waals surface area contributed by atoms with Crippen molar-refractivity contribution in [1.29, 1.82) is 0 Å². The Morgan fingerprint density at radius 1 is 1.53 bits per heavy atom. The van der Waals surface area contributed by atoms with Crippen molar-refractivity contribution in [2.45, 2.75) is 32.4 Å². The molecule has 94 valence electrons. The second kappa shape index (κ2) is 6.02. The number of halogens is 1. The summed E-state index contributed by atoms with van der Waals surface area (Å²) in [6.07, 6.45) is 0.696. The Morgan fingerprint density at radius 2 is 2.18 bits per heavy atom. The molecule has 0 saturated heterocycles. The highest BCUT2D eigenvalue weighted by molar-refractivity contribution is 9.10. The molecule has 0 radical (unpaired) electrons. The minimum Gasteiger partial charge on any atom is -0.508 e. The van der Waals surface area contributed by atoms with Crippen molar-refractivity contribution < 1.29 is 15.0 Å². The number of rotatable bonds is 5. The second-order valence-electron chi connectivity index (χ2n) is 3.89. The average molecular weight is 302 g/mol. The normalized spacial score (nSPS) is 14.3. The summed E-state index contributed by atoms with van der Waals surface area (Å²) in [5.74, 6) is -0.733. The molecule has 0 saturated carbocycles. The molecule has 5 heteroatoms. The first-order chi connectivity index (χ1) is 7.95. The van der Waals surface area contributed by atoms with E-state index < -0.39 is 12.0 Å². The van der Waals surface area contributed by atoms with Gasteiger partial charge in [0.1, 0.15) is 11.8 Å². The molecule has 1 aromatic carbocycles. The lowest BCUT2D eigenvalue weighted by atomic mass is 10.0. The number of phenolic OH excluding ortho intramolecular Hbond substituents is 1. The number of hydrogen-bond acceptors (Lipinski definition) is 3. The van der Waals surface area contributed by atoms with Crippen LogP contribution in [0.5, 0.6) is 5.75 Å². The fourth-order valence-electron chi connectivity index (χ4n) is 1.61. The quantitative estimate of drug-likeness (QED) is 0.782. The zero-order valence-corrected chi connectivity index (χ0v) is 11.4. The SMILES string of the molecule is CCC(NC(C)C(=O)O)c1cc(Br)ccc1O. The highest BCUT2D eigenvalue weighted by atomic mass is 79.9. The Hall–Kier alpha value is -1.07. The number of aromatic hydroxyl groups is 1. The smallest absolute Gasteiger partial charge is 0.320 e. The van der Waals surface area contributed by atoms with E-state index in [4.69, 9.17) is 5.11 Å². The molecule has 0 heterocycles. The van der Waals surface area contributed by atoms with Gasteiger partial charge >= 0.3 is 5.97 Å². The van der Waals surface area contributed by atoms with Gasteiger partial charge in [0.05, 0.1) is 0 Å². The molecule has 2 unspecified atom stereocenters. The summed E-state index contributed by atoms with van der Waals surface area (Å²) in [7, 11) is 0. The lowest BCUT2D eigenvalue weighted by Crippen LogP contribution is -2.36. The number of hydrogen-bond donors (Lipinski definition) is 3. The summed E-state index contributed by atoms with van der Waals surface area (Å²) in [6.45, 7) is 3.52. The molecule has 0 aliphatic rings. The van der Waals surface area contributed by atoms with Gasteiger partial charge in [-0.2, -0.15) is 0 Å². The Kier molecular flexibility index (Phi) is 4.96. The third kappa shape index (κ3) is 3.71. The van der Waals surface area contributed by atoms with Crippen molar-refractivity contribution >= 4 is 21.9 Å². The standard InChI is InChI=1S/C12H16BrNO3/c1-3-10(14-7(2)12(16)17)9-6-8(13)4-5-11(9)15/h4-7,10,14-15H,3H2,1-2H3,(H,16,17). The molecule has 2 atom stereocenters. The molecule has 0 fully saturated rings. The summed E-state index contributed by atoms with van der Waals surface area (Å²) in [6, 6.07) is 4.30. The zero-order valence-electron chi connectivity index (χ0n) is 9.77. The summed E-state index contributed by atoms with van der Waals surface area (Å²) in [5.41, 5.74) is 0.704. The molecule has 0 aromatic heterocycles. The first-order valence-electron chi connectivity index (χ1n) is 5.43. The lowest BCUT2D eigenvalue weighted by Gasteiger charge is -2.21. The molecule has 0 spiro atoms. The molecule has 0 amide bonds. The Labute approximate surface area is 109 Å². The van der Waals surface area contributed by atoms with Gasteiger partial charge in [0, 0.05) is 16.1 Å². The van der Waals surface area contributed by atoms with Gasteiger partial charge in [-0.25, -0.2) is 0 Å². The van der Waals surface area contributed by atoms with E-state index in [9.17, 15) is 9.90 Å². The number of carbonyl (C=O) groups is 1. The Balaban J connectivity index is 2.93. The monoisotopic (exact) mass is 301 g/mol. The minimum atomic E-state index is -0.905. The van der Waals surface area contributed by atoms with Crippen LogP contribution in [0.1, 0.15) is 31.9 Å². The first-order valence-corrected chi connectivity index (χ1v) is 6.22. The molecule has 0 bridgehead atoms. The van der Waals surface area contributed by atoms with E-state index in [1.54, 1.807) is 25.1 Å². The van der Waals surface area contributed by atoms with E-state index in [0.717, 1.165) is 4.47 Å². The number of phenols is 1. The molecule has 1 rings (SSSR count). The van der Waals surface area contributed by atoms with Crippen LogP contribution in [0.3, 0.4) is 0 Å². The van der Waals surface area contributed by atoms with Crippen LogP contribution in [0.25, 0.3) is 0 Å². The maximum atomic E-state index is 10.8. The average Bonchev–Trinajstić information content (AvgIpc) is 2.29. The van der Waals surface area contributed by atoms with Gasteiger partial charge in [0.2, 0.25) is 0 Å². The fraction of sp³-hybridized carbons (Fsp3) is 0.417. The van der Waals surface area contributed by atoms with E-state index in [1.165, 1.54) is 0 Å². The molecule has 3 N–H and O–H groups in total. The number of carboxylic acids is 1. The van der Waals surface area contributed by atoms with E-state index in [0.29, 0.717) is 12.0 Å². The highest BCUT2D eigenvalue weighted by Gasteiger charge is 2.19. The maximum absolute atomic E-state index is 10.8. The van der Waals surface area contributed by atoms with Crippen molar-refractivity contribution in [3.63, 3.8) is 0 Å². The van der Waals surface area contributed by atoms with Crippen molar-refractivity contribution in [2.24, 2.45) is 0 Å². The van der Waals surface area contributed by atoms with Gasteiger partial charge in [-0.05, 0) is 31.5 Å². The highest BCUT2D eigenvalue weighted by Crippen LogP contribution is 2.29. The van der Waals surface area contributed by atoms with Crippen molar-refractivity contribution in [3.8, 4) is 5.75 Å². The zero-order chi connectivity index (χ0) is 13.0. The predicted octanol–water partition coefficient (Wildman–Crippen LogP) is 2.67. The van der Waals surface area contributed by atoms with E-state index in [-0.39, 0.29) is 11.8 Å². The van der Waals surface area contributed by atoms with Gasteiger partial charge in [0.25, 0.3) is 0 Å².